The van der Waals surface area contributed by atoms with E-state index in [1.165, 1.54) is 0 Å². The second kappa shape index (κ2) is 11.0. The third-order valence-corrected chi connectivity index (χ3v) is 3.40. The molecule has 1 rings (SSSR count). The van der Waals surface area contributed by atoms with E-state index >= 15 is 0 Å². The minimum atomic E-state index is -0.666. The highest BCUT2D eigenvalue weighted by Gasteiger charge is 2.11. The maximum Gasteiger partial charge on any atom is 0.138 e. The van der Waals surface area contributed by atoms with Crippen LogP contribution >= 0.6 is 15.9 Å². The van der Waals surface area contributed by atoms with Crippen molar-refractivity contribution in [2.75, 3.05) is 40.1 Å². The first-order valence-corrected chi connectivity index (χ1v) is 7.84. The highest BCUT2D eigenvalue weighted by Crippen LogP contribution is 2.29. The summed E-state index contributed by atoms with van der Waals surface area (Å²) in [6.07, 6.45) is -0.666. The summed E-state index contributed by atoms with van der Waals surface area (Å²) in [6.45, 7) is 5.08. The molecule has 0 saturated carbocycles. The molecule has 0 saturated heterocycles. The van der Waals surface area contributed by atoms with Crippen LogP contribution in [-0.4, -0.2) is 51.3 Å². The zero-order valence-electron chi connectivity index (χ0n) is 12.6. The fourth-order valence-electron chi connectivity index (χ4n) is 1.70. The maximum atomic E-state index is 9.85. The van der Waals surface area contributed by atoms with Gasteiger partial charge in [0.15, 0.2) is 0 Å². The van der Waals surface area contributed by atoms with Crippen molar-refractivity contribution in [1.29, 1.82) is 0 Å². The molecular weight excluding hydrogens is 338 g/mol. The van der Waals surface area contributed by atoms with Crippen molar-refractivity contribution in [2.45, 2.75) is 19.6 Å². The Hall–Kier alpha value is -0.660. The highest BCUT2D eigenvalue weighted by atomic mass is 79.9. The molecule has 1 aromatic rings. The smallest absolute Gasteiger partial charge is 0.138 e. The van der Waals surface area contributed by atoms with Crippen molar-refractivity contribution >= 4 is 15.9 Å². The number of para-hydroxylation sites is 1. The van der Waals surface area contributed by atoms with Gasteiger partial charge in [-0.25, -0.2) is 0 Å². The number of hydrogen-bond acceptors (Lipinski definition) is 5. The molecule has 1 atom stereocenters. The minimum absolute atomic E-state index is 0.189. The first-order valence-electron chi connectivity index (χ1n) is 7.04. The zero-order chi connectivity index (χ0) is 15.5. The van der Waals surface area contributed by atoms with E-state index in [1.807, 2.05) is 18.2 Å². The summed E-state index contributed by atoms with van der Waals surface area (Å²) < 4.78 is 16.8. The van der Waals surface area contributed by atoms with Crippen LogP contribution in [0.3, 0.4) is 0 Å². The first-order chi connectivity index (χ1) is 10.2. The van der Waals surface area contributed by atoms with Crippen LogP contribution in [0.25, 0.3) is 0 Å². The third kappa shape index (κ3) is 7.24. The Balaban J connectivity index is 2.46. The number of aliphatic hydroxyl groups excluding tert-OH is 1. The van der Waals surface area contributed by atoms with Gasteiger partial charge in [-0.05, 0) is 28.5 Å². The Morgan fingerprint density at radius 2 is 2.10 bits per heavy atom. The molecule has 0 amide bonds. The van der Waals surface area contributed by atoms with Crippen molar-refractivity contribution in [1.82, 2.24) is 5.32 Å². The SMILES string of the molecule is CCNCc1cccc(Br)c1OCC(O)COCCOC. The number of halogens is 1. The highest BCUT2D eigenvalue weighted by molar-refractivity contribution is 9.10. The van der Waals surface area contributed by atoms with Crippen LogP contribution < -0.4 is 10.1 Å². The van der Waals surface area contributed by atoms with Crippen LogP contribution in [0, 0.1) is 0 Å². The fraction of sp³-hybridized carbons (Fsp3) is 0.600. The molecule has 5 nitrogen and oxygen atoms in total. The lowest BCUT2D eigenvalue weighted by atomic mass is 10.2. The van der Waals surface area contributed by atoms with Crippen LogP contribution in [0.15, 0.2) is 22.7 Å². The number of benzene rings is 1. The largest absolute Gasteiger partial charge is 0.489 e. The predicted molar refractivity (Wildman–Crippen MR) is 85.7 cm³/mol. The van der Waals surface area contributed by atoms with E-state index < -0.39 is 6.10 Å². The lowest BCUT2D eigenvalue weighted by Crippen LogP contribution is -2.25. The maximum absolute atomic E-state index is 9.85. The van der Waals surface area contributed by atoms with Gasteiger partial charge < -0.3 is 24.6 Å². The predicted octanol–water partition coefficient (Wildman–Crippen LogP) is 1.96. The monoisotopic (exact) mass is 361 g/mol. The summed E-state index contributed by atoms with van der Waals surface area (Å²) in [5.41, 5.74) is 1.05. The molecular formula is C15H24BrNO4. The van der Waals surface area contributed by atoms with Gasteiger partial charge in [-0.1, -0.05) is 19.1 Å². The van der Waals surface area contributed by atoms with Gasteiger partial charge in [0.1, 0.15) is 18.5 Å². The number of methoxy groups -OCH3 is 1. The molecule has 0 aliphatic heterocycles. The second-order valence-electron chi connectivity index (χ2n) is 4.54. The summed E-state index contributed by atoms with van der Waals surface area (Å²) in [7, 11) is 1.61. The first kappa shape index (κ1) is 18.4. The Morgan fingerprint density at radius 3 is 2.81 bits per heavy atom. The standard InChI is InChI=1S/C15H24BrNO4/c1-3-17-9-12-5-4-6-14(16)15(12)21-11-13(18)10-20-8-7-19-2/h4-6,13,17-18H,3,7-11H2,1-2H3. The Bertz CT molecular complexity index is 403. The molecule has 0 aromatic heterocycles. The molecule has 0 heterocycles. The summed E-state index contributed by atoms with van der Waals surface area (Å²) in [5, 5.41) is 13.1. The number of aliphatic hydroxyl groups is 1. The van der Waals surface area contributed by atoms with Crippen LogP contribution in [0.2, 0.25) is 0 Å². The molecule has 0 aliphatic rings. The van der Waals surface area contributed by atoms with Crippen molar-refractivity contribution < 1.29 is 19.3 Å². The van der Waals surface area contributed by atoms with Gasteiger partial charge in [-0.2, -0.15) is 0 Å². The average Bonchev–Trinajstić information content (AvgIpc) is 2.48. The quantitative estimate of drug-likeness (QED) is 0.590. The van der Waals surface area contributed by atoms with Gasteiger partial charge in [0.2, 0.25) is 0 Å². The molecule has 0 fully saturated rings. The molecule has 6 heteroatoms. The van der Waals surface area contributed by atoms with E-state index in [1.54, 1.807) is 7.11 Å². The van der Waals surface area contributed by atoms with E-state index in [2.05, 4.69) is 28.2 Å². The van der Waals surface area contributed by atoms with Crippen LogP contribution in [0.4, 0.5) is 0 Å². The zero-order valence-corrected chi connectivity index (χ0v) is 14.2. The van der Waals surface area contributed by atoms with Gasteiger partial charge >= 0.3 is 0 Å². The van der Waals surface area contributed by atoms with Crippen molar-refractivity contribution in [3.05, 3.63) is 28.2 Å². The minimum Gasteiger partial charge on any atom is -0.489 e. The molecule has 0 bridgehead atoms. The third-order valence-electron chi connectivity index (χ3n) is 2.78. The summed E-state index contributed by atoms with van der Waals surface area (Å²) >= 11 is 3.48. The average molecular weight is 362 g/mol. The second-order valence-corrected chi connectivity index (χ2v) is 5.40. The van der Waals surface area contributed by atoms with E-state index in [-0.39, 0.29) is 13.2 Å². The molecule has 0 spiro atoms. The number of rotatable bonds is 11. The van der Waals surface area contributed by atoms with E-state index in [0.717, 1.165) is 28.9 Å². The van der Waals surface area contributed by atoms with E-state index in [4.69, 9.17) is 14.2 Å². The van der Waals surface area contributed by atoms with Gasteiger partial charge in [0.25, 0.3) is 0 Å². The lowest BCUT2D eigenvalue weighted by molar-refractivity contribution is -0.00443. The van der Waals surface area contributed by atoms with Crippen molar-refractivity contribution in [3.8, 4) is 5.75 Å². The Morgan fingerprint density at radius 1 is 1.29 bits per heavy atom. The lowest BCUT2D eigenvalue weighted by Gasteiger charge is -2.16. The van der Waals surface area contributed by atoms with Crippen molar-refractivity contribution in [3.63, 3.8) is 0 Å². The summed E-state index contributed by atoms with van der Waals surface area (Å²) in [6, 6.07) is 5.89. The molecule has 0 aliphatic carbocycles. The Labute approximate surface area is 134 Å². The molecule has 1 unspecified atom stereocenters. The van der Waals surface area contributed by atoms with Crippen LogP contribution in [0.1, 0.15) is 12.5 Å². The molecule has 120 valence electrons. The van der Waals surface area contributed by atoms with Gasteiger partial charge in [-0.15, -0.1) is 0 Å². The van der Waals surface area contributed by atoms with Gasteiger partial charge in [0, 0.05) is 19.2 Å². The molecule has 0 radical (unpaired) electrons. The van der Waals surface area contributed by atoms with E-state index in [0.29, 0.717) is 13.2 Å². The normalized spacial score (nSPS) is 12.4. The number of nitrogens with one attached hydrogen (secondary N) is 1. The van der Waals surface area contributed by atoms with Gasteiger partial charge in [-0.3, -0.25) is 0 Å². The summed E-state index contributed by atoms with van der Waals surface area (Å²) in [5.74, 6) is 0.759. The number of hydrogen-bond donors (Lipinski definition) is 2. The van der Waals surface area contributed by atoms with Crippen LogP contribution in [0.5, 0.6) is 5.75 Å². The molecule has 2 N–H and O–H groups in total. The van der Waals surface area contributed by atoms with E-state index in [9.17, 15) is 5.11 Å². The fourth-order valence-corrected chi connectivity index (χ4v) is 2.23. The van der Waals surface area contributed by atoms with Crippen molar-refractivity contribution in [2.24, 2.45) is 0 Å². The summed E-state index contributed by atoms with van der Waals surface area (Å²) in [4.78, 5) is 0. The number of ether oxygens (including phenoxy) is 3. The molecule has 21 heavy (non-hydrogen) atoms. The topological polar surface area (TPSA) is 60.0 Å². The van der Waals surface area contributed by atoms with Gasteiger partial charge in [0.05, 0.1) is 24.3 Å². The molecule has 1 aromatic carbocycles. The van der Waals surface area contributed by atoms with Crippen LogP contribution in [-0.2, 0) is 16.0 Å². The Kier molecular flexibility index (Phi) is 9.62.